The number of hydrogen-bond donors (Lipinski definition) is 0. The van der Waals surface area contributed by atoms with Gasteiger partial charge in [0.15, 0.2) is 0 Å². The number of aryl methyl sites for hydroxylation is 2. The lowest BCUT2D eigenvalue weighted by atomic mass is 9.82. The van der Waals surface area contributed by atoms with Crippen molar-refractivity contribution in [3.05, 3.63) is 17.5 Å². The highest BCUT2D eigenvalue weighted by Crippen LogP contribution is 2.39. The number of rotatable bonds is 4. The summed E-state index contributed by atoms with van der Waals surface area (Å²) in [4.78, 5) is 12.4. The second kappa shape index (κ2) is 4.63. The number of carbonyl (C=O) groups excluding carboxylic acids is 1. The summed E-state index contributed by atoms with van der Waals surface area (Å²) in [5.41, 5.74) is 2.01. The van der Waals surface area contributed by atoms with E-state index in [1.807, 2.05) is 17.7 Å². The summed E-state index contributed by atoms with van der Waals surface area (Å²) in [5, 5.41) is 4.40. The molecule has 0 radical (unpaired) electrons. The van der Waals surface area contributed by atoms with E-state index >= 15 is 0 Å². The molecule has 0 N–H and O–H groups in total. The highest BCUT2D eigenvalue weighted by atomic mass is 16.1. The van der Waals surface area contributed by atoms with Gasteiger partial charge in [-0.05, 0) is 32.8 Å². The van der Waals surface area contributed by atoms with Crippen molar-refractivity contribution in [3.63, 3.8) is 0 Å². The summed E-state index contributed by atoms with van der Waals surface area (Å²) in [6.45, 7) is 7.02. The quantitative estimate of drug-likeness (QED) is 0.803. The molecule has 94 valence electrons. The normalized spacial score (nSPS) is 18.5. The first-order chi connectivity index (χ1) is 8.05. The first-order valence-corrected chi connectivity index (χ1v) is 6.62. The van der Waals surface area contributed by atoms with Crippen LogP contribution in [0, 0.1) is 12.3 Å². The highest BCUT2D eigenvalue weighted by Gasteiger charge is 2.35. The molecule has 3 nitrogen and oxygen atoms in total. The average molecular weight is 234 g/mol. The molecule has 0 atom stereocenters. The van der Waals surface area contributed by atoms with Gasteiger partial charge in [0, 0.05) is 24.1 Å². The number of nitrogens with zero attached hydrogens (tertiary/aromatic N) is 2. The van der Waals surface area contributed by atoms with Crippen LogP contribution in [0.15, 0.2) is 6.07 Å². The number of hydrogen-bond acceptors (Lipinski definition) is 2. The SMILES string of the molecule is CCn1nc(C)cc1CC(=O)C1(C)CCCC1. The molecule has 1 aromatic rings. The van der Waals surface area contributed by atoms with Gasteiger partial charge in [0.2, 0.25) is 0 Å². The second-order valence-corrected chi connectivity index (χ2v) is 5.46. The summed E-state index contributed by atoms with van der Waals surface area (Å²) < 4.78 is 1.95. The molecule has 1 aromatic heterocycles. The lowest BCUT2D eigenvalue weighted by molar-refractivity contribution is -0.127. The van der Waals surface area contributed by atoms with Crippen LogP contribution in [-0.2, 0) is 17.8 Å². The van der Waals surface area contributed by atoms with Crippen LogP contribution >= 0.6 is 0 Å². The number of carbonyl (C=O) groups is 1. The van der Waals surface area contributed by atoms with Crippen LogP contribution in [0.1, 0.15) is 50.9 Å². The van der Waals surface area contributed by atoms with Crippen molar-refractivity contribution < 1.29 is 4.79 Å². The monoisotopic (exact) mass is 234 g/mol. The van der Waals surface area contributed by atoms with Crippen molar-refractivity contribution in [2.45, 2.75) is 59.4 Å². The first kappa shape index (κ1) is 12.3. The molecule has 0 aliphatic heterocycles. The Morgan fingerprint density at radius 2 is 2.12 bits per heavy atom. The van der Waals surface area contributed by atoms with Crippen molar-refractivity contribution in [3.8, 4) is 0 Å². The van der Waals surface area contributed by atoms with Crippen molar-refractivity contribution in [1.29, 1.82) is 0 Å². The molecule has 1 aliphatic carbocycles. The van der Waals surface area contributed by atoms with Crippen molar-refractivity contribution in [2.75, 3.05) is 0 Å². The van der Waals surface area contributed by atoms with Gasteiger partial charge < -0.3 is 0 Å². The predicted molar refractivity (Wildman–Crippen MR) is 67.9 cm³/mol. The lowest BCUT2D eigenvalue weighted by Crippen LogP contribution is -2.26. The molecule has 0 unspecified atom stereocenters. The molecule has 0 spiro atoms. The van der Waals surface area contributed by atoms with Crippen LogP contribution in [0.25, 0.3) is 0 Å². The molecule has 0 aromatic carbocycles. The molecule has 1 saturated carbocycles. The molecule has 1 heterocycles. The number of Topliss-reactive ketones (excluding diaryl/α,β-unsaturated/α-hetero) is 1. The second-order valence-electron chi connectivity index (χ2n) is 5.46. The van der Waals surface area contributed by atoms with E-state index in [1.165, 1.54) is 12.8 Å². The Labute approximate surface area is 103 Å². The first-order valence-electron chi connectivity index (χ1n) is 6.62. The van der Waals surface area contributed by atoms with Gasteiger partial charge in [-0.15, -0.1) is 0 Å². The Balaban J connectivity index is 2.12. The van der Waals surface area contributed by atoms with E-state index in [-0.39, 0.29) is 5.41 Å². The van der Waals surface area contributed by atoms with E-state index in [0.717, 1.165) is 30.8 Å². The Kier molecular flexibility index (Phi) is 3.36. The Morgan fingerprint density at radius 1 is 1.47 bits per heavy atom. The fourth-order valence-electron chi connectivity index (χ4n) is 2.83. The van der Waals surface area contributed by atoms with E-state index in [2.05, 4.69) is 18.9 Å². The minimum atomic E-state index is -0.0727. The van der Waals surface area contributed by atoms with Gasteiger partial charge >= 0.3 is 0 Å². The minimum Gasteiger partial charge on any atom is -0.299 e. The van der Waals surface area contributed by atoms with Gasteiger partial charge in [0.1, 0.15) is 5.78 Å². The molecule has 0 bridgehead atoms. The van der Waals surface area contributed by atoms with Crippen LogP contribution in [-0.4, -0.2) is 15.6 Å². The van der Waals surface area contributed by atoms with Gasteiger partial charge in [0.25, 0.3) is 0 Å². The summed E-state index contributed by atoms with van der Waals surface area (Å²) in [7, 11) is 0. The third kappa shape index (κ3) is 2.43. The standard InChI is InChI=1S/C14H22N2O/c1-4-16-12(9-11(2)15-16)10-13(17)14(3)7-5-6-8-14/h9H,4-8,10H2,1-3H3. The summed E-state index contributed by atoms with van der Waals surface area (Å²) in [6.07, 6.45) is 5.07. The Hall–Kier alpha value is -1.12. The minimum absolute atomic E-state index is 0.0727. The Bertz CT molecular complexity index is 414. The van der Waals surface area contributed by atoms with Gasteiger partial charge in [0.05, 0.1) is 5.69 Å². The molecule has 1 fully saturated rings. The molecular formula is C14H22N2O. The maximum absolute atomic E-state index is 12.4. The van der Waals surface area contributed by atoms with Crippen molar-refractivity contribution in [1.82, 2.24) is 9.78 Å². The topological polar surface area (TPSA) is 34.9 Å². The zero-order chi connectivity index (χ0) is 12.5. The maximum atomic E-state index is 12.4. The fraction of sp³-hybridized carbons (Fsp3) is 0.714. The van der Waals surface area contributed by atoms with E-state index in [1.54, 1.807) is 0 Å². The van der Waals surface area contributed by atoms with E-state index in [0.29, 0.717) is 12.2 Å². The van der Waals surface area contributed by atoms with E-state index in [9.17, 15) is 4.79 Å². The van der Waals surface area contributed by atoms with E-state index in [4.69, 9.17) is 0 Å². The van der Waals surface area contributed by atoms with Crippen LogP contribution < -0.4 is 0 Å². The molecule has 1 aliphatic rings. The van der Waals surface area contributed by atoms with Gasteiger partial charge in [-0.2, -0.15) is 5.10 Å². The molecule has 0 amide bonds. The zero-order valence-electron chi connectivity index (χ0n) is 11.1. The third-order valence-corrected chi connectivity index (χ3v) is 4.01. The molecule has 17 heavy (non-hydrogen) atoms. The smallest absolute Gasteiger partial charge is 0.144 e. The van der Waals surface area contributed by atoms with Crippen LogP contribution in [0.3, 0.4) is 0 Å². The van der Waals surface area contributed by atoms with Crippen molar-refractivity contribution >= 4 is 5.78 Å². The number of aromatic nitrogens is 2. The van der Waals surface area contributed by atoms with Crippen LogP contribution in [0.4, 0.5) is 0 Å². The van der Waals surface area contributed by atoms with Crippen molar-refractivity contribution in [2.24, 2.45) is 5.41 Å². The van der Waals surface area contributed by atoms with E-state index < -0.39 is 0 Å². The summed E-state index contributed by atoms with van der Waals surface area (Å²) in [6, 6.07) is 2.04. The van der Waals surface area contributed by atoms with Gasteiger partial charge in [-0.25, -0.2) is 0 Å². The highest BCUT2D eigenvalue weighted by molar-refractivity contribution is 5.86. The molecular weight excluding hydrogens is 212 g/mol. The fourth-order valence-corrected chi connectivity index (χ4v) is 2.83. The lowest BCUT2D eigenvalue weighted by Gasteiger charge is -2.21. The Morgan fingerprint density at radius 3 is 2.71 bits per heavy atom. The number of ketones is 1. The molecule has 0 saturated heterocycles. The largest absolute Gasteiger partial charge is 0.299 e. The molecule has 2 rings (SSSR count). The summed E-state index contributed by atoms with van der Waals surface area (Å²) >= 11 is 0. The van der Waals surface area contributed by atoms with Crippen LogP contribution in [0.5, 0.6) is 0 Å². The zero-order valence-corrected chi connectivity index (χ0v) is 11.1. The van der Waals surface area contributed by atoms with Gasteiger partial charge in [-0.1, -0.05) is 19.8 Å². The third-order valence-electron chi connectivity index (χ3n) is 4.01. The molecule has 3 heteroatoms. The average Bonchev–Trinajstić information content (AvgIpc) is 2.86. The van der Waals surface area contributed by atoms with Crippen LogP contribution in [0.2, 0.25) is 0 Å². The summed E-state index contributed by atoms with van der Waals surface area (Å²) in [5.74, 6) is 0.393. The van der Waals surface area contributed by atoms with Gasteiger partial charge in [-0.3, -0.25) is 9.48 Å². The predicted octanol–water partition coefficient (Wildman–Crippen LogP) is 2.90. The maximum Gasteiger partial charge on any atom is 0.144 e.